The average Bonchev–Trinajstić information content (AvgIpc) is 3.00. The highest BCUT2D eigenvalue weighted by atomic mass is 15.2. The molecule has 6 heteroatoms. The Hall–Kier alpha value is -2.50. The second-order valence-corrected chi connectivity index (χ2v) is 5.29. The molecule has 106 valence electrons. The van der Waals surface area contributed by atoms with Crippen LogP contribution in [0.15, 0.2) is 30.9 Å². The Kier molecular flexibility index (Phi) is 2.99. The van der Waals surface area contributed by atoms with Gasteiger partial charge in [0.15, 0.2) is 5.82 Å². The molecule has 0 radical (unpaired) electrons. The van der Waals surface area contributed by atoms with E-state index in [1.54, 1.807) is 18.6 Å². The maximum absolute atomic E-state index is 4.71. The fraction of sp³-hybridized carbons (Fsp3) is 0.333. The predicted molar refractivity (Wildman–Crippen MR) is 81.0 cm³/mol. The zero-order valence-electron chi connectivity index (χ0n) is 11.7. The molecule has 1 aliphatic rings. The Bertz CT molecular complexity index is 726. The first-order chi connectivity index (χ1) is 10.4. The van der Waals surface area contributed by atoms with E-state index in [9.17, 15) is 0 Å². The van der Waals surface area contributed by atoms with Crippen molar-refractivity contribution in [2.45, 2.75) is 19.3 Å². The molecule has 0 atom stereocenters. The molecular formula is C15H16N6. The molecule has 0 aromatic carbocycles. The second kappa shape index (κ2) is 5.12. The molecule has 6 nitrogen and oxygen atoms in total. The molecule has 0 saturated carbocycles. The number of aromatic nitrogens is 5. The monoisotopic (exact) mass is 280 g/mol. The van der Waals surface area contributed by atoms with Crippen LogP contribution in [0.25, 0.3) is 22.6 Å². The van der Waals surface area contributed by atoms with Crippen molar-refractivity contribution in [1.82, 2.24) is 24.9 Å². The number of aromatic amines is 1. The fourth-order valence-electron chi connectivity index (χ4n) is 2.72. The van der Waals surface area contributed by atoms with Crippen LogP contribution in [-0.4, -0.2) is 38.0 Å². The summed E-state index contributed by atoms with van der Waals surface area (Å²) in [6.07, 6.45) is 10.8. The second-order valence-electron chi connectivity index (χ2n) is 5.29. The summed E-state index contributed by atoms with van der Waals surface area (Å²) in [4.78, 5) is 23.2. The van der Waals surface area contributed by atoms with Crippen molar-refractivity contribution < 1.29 is 0 Å². The van der Waals surface area contributed by atoms with Crippen LogP contribution in [0.4, 0.5) is 5.82 Å². The Morgan fingerprint density at radius 1 is 0.952 bits per heavy atom. The fourth-order valence-corrected chi connectivity index (χ4v) is 2.72. The lowest BCUT2D eigenvalue weighted by atomic mass is 10.1. The number of hydrogen-bond donors (Lipinski definition) is 1. The van der Waals surface area contributed by atoms with Gasteiger partial charge in [0.2, 0.25) is 0 Å². The van der Waals surface area contributed by atoms with E-state index in [1.807, 2.05) is 12.3 Å². The molecule has 1 aliphatic heterocycles. The van der Waals surface area contributed by atoms with Gasteiger partial charge < -0.3 is 9.88 Å². The maximum atomic E-state index is 4.71. The molecule has 0 spiro atoms. The van der Waals surface area contributed by atoms with Gasteiger partial charge in [-0.15, -0.1) is 0 Å². The van der Waals surface area contributed by atoms with E-state index in [1.165, 1.54) is 19.3 Å². The molecule has 3 aromatic heterocycles. The third kappa shape index (κ3) is 2.33. The largest absolute Gasteiger partial charge is 0.355 e. The lowest BCUT2D eigenvalue weighted by Gasteiger charge is -2.27. The molecule has 21 heavy (non-hydrogen) atoms. The standard InChI is InChI=1S/C15H16N6/c1-2-6-21(7-3-1)14-10-17-9-13(18-14)15-19-11-4-5-16-8-12(11)20-15/h4-5,8-10H,1-3,6-7H2,(H,19,20). The van der Waals surface area contributed by atoms with Gasteiger partial charge >= 0.3 is 0 Å². The summed E-state index contributed by atoms with van der Waals surface area (Å²) in [5.74, 6) is 1.68. The highest BCUT2D eigenvalue weighted by Crippen LogP contribution is 2.21. The number of piperidine rings is 1. The normalized spacial score (nSPS) is 15.5. The van der Waals surface area contributed by atoms with Crippen molar-refractivity contribution in [2.24, 2.45) is 0 Å². The minimum Gasteiger partial charge on any atom is -0.355 e. The van der Waals surface area contributed by atoms with Gasteiger partial charge in [-0.3, -0.25) is 9.97 Å². The zero-order valence-corrected chi connectivity index (χ0v) is 11.7. The summed E-state index contributed by atoms with van der Waals surface area (Å²) < 4.78 is 0. The van der Waals surface area contributed by atoms with Gasteiger partial charge in [-0.25, -0.2) is 9.97 Å². The van der Waals surface area contributed by atoms with E-state index in [0.717, 1.165) is 41.5 Å². The Morgan fingerprint density at radius 3 is 2.71 bits per heavy atom. The summed E-state index contributed by atoms with van der Waals surface area (Å²) in [5, 5.41) is 0. The molecule has 1 fully saturated rings. The Balaban J connectivity index is 1.71. The molecule has 4 rings (SSSR count). The van der Waals surface area contributed by atoms with Crippen LogP contribution >= 0.6 is 0 Å². The van der Waals surface area contributed by atoms with E-state index in [-0.39, 0.29) is 0 Å². The molecule has 0 amide bonds. The van der Waals surface area contributed by atoms with E-state index in [2.05, 4.69) is 24.8 Å². The van der Waals surface area contributed by atoms with Crippen LogP contribution in [0.3, 0.4) is 0 Å². The minimum absolute atomic E-state index is 0.740. The van der Waals surface area contributed by atoms with Gasteiger partial charge in [0.25, 0.3) is 0 Å². The van der Waals surface area contributed by atoms with Gasteiger partial charge in [0, 0.05) is 19.3 Å². The highest BCUT2D eigenvalue weighted by Gasteiger charge is 2.14. The summed E-state index contributed by atoms with van der Waals surface area (Å²) in [6, 6.07) is 1.89. The number of nitrogens with one attached hydrogen (secondary N) is 1. The average molecular weight is 280 g/mol. The highest BCUT2D eigenvalue weighted by molar-refractivity contribution is 5.77. The molecule has 4 heterocycles. The number of H-pyrrole nitrogens is 1. The molecule has 1 saturated heterocycles. The van der Waals surface area contributed by atoms with Crippen molar-refractivity contribution in [3.05, 3.63) is 30.9 Å². The summed E-state index contributed by atoms with van der Waals surface area (Å²) in [6.45, 7) is 2.12. The molecule has 0 unspecified atom stereocenters. The molecule has 0 aliphatic carbocycles. The lowest BCUT2D eigenvalue weighted by molar-refractivity contribution is 0.573. The van der Waals surface area contributed by atoms with Crippen molar-refractivity contribution in [1.29, 1.82) is 0 Å². The Morgan fingerprint density at radius 2 is 1.86 bits per heavy atom. The van der Waals surface area contributed by atoms with Crippen LogP contribution in [0.1, 0.15) is 19.3 Å². The van der Waals surface area contributed by atoms with Crippen LogP contribution < -0.4 is 4.90 Å². The van der Waals surface area contributed by atoms with Crippen molar-refractivity contribution >= 4 is 16.9 Å². The smallest absolute Gasteiger partial charge is 0.158 e. The van der Waals surface area contributed by atoms with Gasteiger partial charge in [-0.05, 0) is 25.3 Å². The van der Waals surface area contributed by atoms with Crippen molar-refractivity contribution in [3.8, 4) is 11.5 Å². The quantitative estimate of drug-likeness (QED) is 0.780. The van der Waals surface area contributed by atoms with Crippen LogP contribution in [0.5, 0.6) is 0 Å². The zero-order chi connectivity index (χ0) is 14.1. The summed E-state index contributed by atoms with van der Waals surface area (Å²) >= 11 is 0. The van der Waals surface area contributed by atoms with Crippen molar-refractivity contribution in [2.75, 3.05) is 18.0 Å². The van der Waals surface area contributed by atoms with E-state index in [4.69, 9.17) is 4.98 Å². The van der Waals surface area contributed by atoms with Crippen LogP contribution in [-0.2, 0) is 0 Å². The van der Waals surface area contributed by atoms with E-state index in [0.29, 0.717) is 0 Å². The van der Waals surface area contributed by atoms with Gasteiger partial charge in [0.1, 0.15) is 11.5 Å². The molecular weight excluding hydrogens is 264 g/mol. The van der Waals surface area contributed by atoms with Crippen LogP contribution in [0, 0.1) is 0 Å². The third-order valence-corrected chi connectivity index (χ3v) is 3.83. The first-order valence-corrected chi connectivity index (χ1v) is 7.27. The Labute approximate surface area is 122 Å². The van der Waals surface area contributed by atoms with Gasteiger partial charge in [-0.2, -0.15) is 0 Å². The number of rotatable bonds is 2. The summed E-state index contributed by atoms with van der Waals surface area (Å²) in [7, 11) is 0. The molecule has 1 N–H and O–H groups in total. The number of fused-ring (bicyclic) bond motifs is 1. The lowest BCUT2D eigenvalue weighted by Crippen LogP contribution is -2.30. The number of anilines is 1. The number of hydrogen-bond acceptors (Lipinski definition) is 5. The third-order valence-electron chi connectivity index (χ3n) is 3.83. The van der Waals surface area contributed by atoms with Crippen LogP contribution in [0.2, 0.25) is 0 Å². The SMILES string of the molecule is c1cc2nc(-c3cncc(N4CCCCC4)n3)[nH]c2cn1. The number of pyridine rings is 1. The first kappa shape index (κ1) is 12.3. The maximum Gasteiger partial charge on any atom is 0.158 e. The molecule has 3 aromatic rings. The van der Waals surface area contributed by atoms with Gasteiger partial charge in [-0.1, -0.05) is 0 Å². The van der Waals surface area contributed by atoms with Crippen molar-refractivity contribution in [3.63, 3.8) is 0 Å². The van der Waals surface area contributed by atoms with E-state index < -0.39 is 0 Å². The first-order valence-electron chi connectivity index (χ1n) is 7.27. The molecule has 0 bridgehead atoms. The summed E-state index contributed by atoms with van der Waals surface area (Å²) in [5.41, 5.74) is 2.58. The number of nitrogens with zero attached hydrogens (tertiary/aromatic N) is 5. The number of imidazole rings is 1. The predicted octanol–water partition coefficient (Wildman–Crippen LogP) is 2.41. The van der Waals surface area contributed by atoms with E-state index >= 15 is 0 Å². The van der Waals surface area contributed by atoms with Gasteiger partial charge in [0.05, 0.1) is 29.6 Å². The minimum atomic E-state index is 0.740. The topological polar surface area (TPSA) is 70.6 Å².